The molecule has 0 radical (unpaired) electrons. The molecule has 21 heavy (non-hydrogen) atoms. The summed E-state index contributed by atoms with van der Waals surface area (Å²) in [6, 6.07) is 12.8. The highest BCUT2D eigenvalue weighted by Gasteiger charge is 2.06. The number of anilines is 2. The zero-order chi connectivity index (χ0) is 15.5. The highest BCUT2D eigenvalue weighted by Crippen LogP contribution is 2.27. The van der Waals surface area contributed by atoms with Gasteiger partial charge in [0.05, 0.1) is 22.7 Å². The van der Waals surface area contributed by atoms with Gasteiger partial charge in [-0.15, -0.1) is 0 Å². The van der Waals surface area contributed by atoms with Crippen LogP contribution >= 0.6 is 27.5 Å². The Morgan fingerprint density at radius 1 is 1.19 bits per heavy atom. The van der Waals surface area contributed by atoms with Crippen LogP contribution in [0.2, 0.25) is 5.02 Å². The minimum atomic E-state index is -3.31. The van der Waals surface area contributed by atoms with E-state index in [4.69, 9.17) is 11.6 Å². The van der Waals surface area contributed by atoms with E-state index in [9.17, 15) is 8.42 Å². The fourth-order valence-electron chi connectivity index (χ4n) is 1.77. The summed E-state index contributed by atoms with van der Waals surface area (Å²) in [5.41, 5.74) is 2.22. The molecule has 0 atom stereocenters. The fraction of sp³-hybridized carbons (Fsp3) is 0.143. The second-order valence-corrected chi connectivity index (χ2v) is 7.52. The maximum atomic E-state index is 11.3. The molecule has 0 bridgehead atoms. The Hall–Kier alpha value is -1.24. The quantitative estimate of drug-likeness (QED) is 0.810. The van der Waals surface area contributed by atoms with E-state index in [-0.39, 0.29) is 0 Å². The highest BCUT2D eigenvalue weighted by atomic mass is 79.9. The van der Waals surface area contributed by atoms with Gasteiger partial charge in [0.2, 0.25) is 10.0 Å². The van der Waals surface area contributed by atoms with Crippen molar-refractivity contribution in [2.45, 2.75) is 6.54 Å². The first-order valence-electron chi connectivity index (χ1n) is 6.10. The molecule has 4 nitrogen and oxygen atoms in total. The second kappa shape index (κ2) is 6.68. The van der Waals surface area contributed by atoms with Crippen molar-refractivity contribution in [2.24, 2.45) is 0 Å². The van der Waals surface area contributed by atoms with Crippen LogP contribution in [0.5, 0.6) is 0 Å². The van der Waals surface area contributed by atoms with Gasteiger partial charge < -0.3 is 5.32 Å². The highest BCUT2D eigenvalue weighted by molar-refractivity contribution is 9.10. The molecule has 0 spiro atoms. The molecule has 112 valence electrons. The van der Waals surface area contributed by atoms with Crippen LogP contribution in [0, 0.1) is 0 Å². The van der Waals surface area contributed by atoms with E-state index in [0.29, 0.717) is 22.9 Å². The Bertz CT molecular complexity index is 750. The predicted octanol–water partition coefficient (Wildman–Crippen LogP) is 4.09. The number of benzene rings is 2. The summed E-state index contributed by atoms with van der Waals surface area (Å²) in [5, 5.41) is 3.73. The topological polar surface area (TPSA) is 58.2 Å². The lowest BCUT2D eigenvalue weighted by Crippen LogP contribution is -2.10. The van der Waals surface area contributed by atoms with Crippen molar-refractivity contribution in [1.82, 2.24) is 0 Å². The molecule has 7 heteroatoms. The Morgan fingerprint density at radius 3 is 2.57 bits per heavy atom. The second-order valence-electron chi connectivity index (χ2n) is 4.51. The first-order valence-corrected chi connectivity index (χ1v) is 9.16. The smallest absolute Gasteiger partial charge is 0.229 e. The summed E-state index contributed by atoms with van der Waals surface area (Å²) in [7, 11) is -3.31. The molecule has 0 saturated heterocycles. The van der Waals surface area contributed by atoms with Crippen molar-refractivity contribution in [3.8, 4) is 0 Å². The number of nitrogens with one attached hydrogen (secondary N) is 2. The van der Waals surface area contributed by atoms with Crippen molar-refractivity contribution in [2.75, 3.05) is 16.3 Å². The summed E-state index contributed by atoms with van der Waals surface area (Å²) in [4.78, 5) is 0. The summed E-state index contributed by atoms with van der Waals surface area (Å²) < 4.78 is 25.9. The summed E-state index contributed by atoms with van der Waals surface area (Å²) in [6.45, 7) is 0.573. The molecule has 0 amide bonds. The average molecular weight is 390 g/mol. The van der Waals surface area contributed by atoms with Crippen LogP contribution in [0.3, 0.4) is 0 Å². The Kier molecular flexibility index (Phi) is 5.13. The van der Waals surface area contributed by atoms with E-state index >= 15 is 0 Å². The van der Waals surface area contributed by atoms with Crippen LogP contribution in [0.15, 0.2) is 46.9 Å². The van der Waals surface area contributed by atoms with E-state index in [1.54, 1.807) is 18.2 Å². The van der Waals surface area contributed by atoms with Crippen LogP contribution in [0.4, 0.5) is 11.4 Å². The number of hydrogen-bond acceptors (Lipinski definition) is 3. The van der Waals surface area contributed by atoms with Crippen molar-refractivity contribution in [3.63, 3.8) is 0 Å². The minimum absolute atomic E-state index is 0.469. The molecule has 0 fully saturated rings. The van der Waals surface area contributed by atoms with E-state index in [0.717, 1.165) is 16.3 Å². The Balaban J connectivity index is 2.16. The van der Waals surface area contributed by atoms with Gasteiger partial charge in [-0.05, 0) is 29.8 Å². The summed E-state index contributed by atoms with van der Waals surface area (Å²) in [5.74, 6) is 0. The molecular formula is C14H14BrClN2O2S. The summed E-state index contributed by atoms with van der Waals surface area (Å²) >= 11 is 9.60. The van der Waals surface area contributed by atoms with Crippen LogP contribution in [-0.2, 0) is 16.6 Å². The minimum Gasteiger partial charge on any atom is -0.380 e. The van der Waals surface area contributed by atoms with Crippen LogP contribution in [0.1, 0.15) is 5.56 Å². The van der Waals surface area contributed by atoms with Crippen molar-refractivity contribution in [1.29, 1.82) is 0 Å². The first kappa shape index (κ1) is 16.1. The third-order valence-electron chi connectivity index (χ3n) is 2.70. The van der Waals surface area contributed by atoms with E-state index in [2.05, 4.69) is 26.0 Å². The average Bonchev–Trinajstić information content (AvgIpc) is 2.39. The number of halogens is 2. The summed E-state index contributed by atoms with van der Waals surface area (Å²) in [6.07, 6.45) is 1.11. The maximum absolute atomic E-state index is 11.3. The molecule has 0 aliphatic carbocycles. The first-order chi connectivity index (χ1) is 9.85. The van der Waals surface area contributed by atoms with Gasteiger partial charge in [-0.3, -0.25) is 4.72 Å². The number of sulfonamides is 1. The molecule has 0 aliphatic rings. The predicted molar refractivity (Wildman–Crippen MR) is 91.4 cm³/mol. The van der Waals surface area contributed by atoms with Crippen LogP contribution in [-0.4, -0.2) is 14.7 Å². The molecule has 0 aromatic heterocycles. The van der Waals surface area contributed by atoms with Gasteiger partial charge >= 0.3 is 0 Å². The Labute approximate surface area is 137 Å². The molecule has 0 heterocycles. The molecule has 2 aromatic carbocycles. The number of rotatable bonds is 5. The standard InChI is InChI=1S/C14H14BrClN2O2S/c1-21(19,20)18-11-6-7-13(16)14(8-11)17-9-10-4-2-3-5-12(10)15/h2-8,17-18H,9H2,1H3. The molecule has 2 aromatic rings. The van der Waals surface area contributed by atoms with E-state index in [1.807, 2.05) is 24.3 Å². The third kappa shape index (κ3) is 4.91. The molecular weight excluding hydrogens is 376 g/mol. The third-order valence-corrected chi connectivity index (χ3v) is 4.41. The SMILES string of the molecule is CS(=O)(=O)Nc1ccc(Cl)c(NCc2ccccc2Br)c1. The molecule has 2 N–H and O–H groups in total. The zero-order valence-corrected chi connectivity index (χ0v) is 14.4. The molecule has 2 rings (SSSR count). The van der Waals surface area contributed by atoms with Gasteiger partial charge in [-0.1, -0.05) is 45.7 Å². The lowest BCUT2D eigenvalue weighted by molar-refractivity contribution is 0.607. The monoisotopic (exact) mass is 388 g/mol. The zero-order valence-electron chi connectivity index (χ0n) is 11.2. The van der Waals surface area contributed by atoms with Crippen LogP contribution < -0.4 is 10.0 Å². The van der Waals surface area contributed by atoms with E-state index < -0.39 is 10.0 Å². The lowest BCUT2D eigenvalue weighted by Gasteiger charge is -2.12. The van der Waals surface area contributed by atoms with Crippen molar-refractivity contribution < 1.29 is 8.42 Å². The normalized spacial score (nSPS) is 11.2. The van der Waals surface area contributed by atoms with Gasteiger partial charge in [-0.25, -0.2) is 8.42 Å². The van der Waals surface area contributed by atoms with Gasteiger partial charge in [0.15, 0.2) is 0 Å². The van der Waals surface area contributed by atoms with Gasteiger partial charge in [0.1, 0.15) is 0 Å². The van der Waals surface area contributed by atoms with Gasteiger partial charge in [0, 0.05) is 11.0 Å². The lowest BCUT2D eigenvalue weighted by atomic mass is 10.2. The molecule has 0 aliphatic heterocycles. The van der Waals surface area contributed by atoms with Gasteiger partial charge in [-0.2, -0.15) is 0 Å². The molecule has 0 unspecified atom stereocenters. The maximum Gasteiger partial charge on any atom is 0.229 e. The van der Waals surface area contributed by atoms with Crippen molar-refractivity contribution >= 4 is 48.9 Å². The molecule has 0 saturated carbocycles. The largest absolute Gasteiger partial charge is 0.380 e. The van der Waals surface area contributed by atoms with Crippen molar-refractivity contribution in [3.05, 3.63) is 57.5 Å². The Morgan fingerprint density at radius 2 is 1.90 bits per heavy atom. The fourth-order valence-corrected chi connectivity index (χ4v) is 2.93. The van der Waals surface area contributed by atoms with E-state index in [1.165, 1.54) is 0 Å². The van der Waals surface area contributed by atoms with Gasteiger partial charge in [0.25, 0.3) is 0 Å². The van der Waals surface area contributed by atoms with Crippen LogP contribution in [0.25, 0.3) is 0 Å². The number of hydrogen-bond donors (Lipinski definition) is 2.